The van der Waals surface area contributed by atoms with Crippen LogP contribution in [0.3, 0.4) is 0 Å². The first kappa shape index (κ1) is 26.9. The van der Waals surface area contributed by atoms with Crippen LogP contribution in [0.1, 0.15) is 58.8 Å². The molecule has 1 aliphatic carbocycles. The van der Waals surface area contributed by atoms with Crippen LogP contribution < -0.4 is 21.1 Å². The van der Waals surface area contributed by atoms with E-state index in [0.717, 1.165) is 70.4 Å². The van der Waals surface area contributed by atoms with Crippen molar-refractivity contribution in [2.75, 3.05) is 36.1 Å². The van der Waals surface area contributed by atoms with E-state index in [9.17, 15) is 4.39 Å². The molecule has 5 nitrogen and oxygen atoms in total. The Morgan fingerprint density at radius 2 is 2.11 bits per heavy atom. The molecule has 2 atom stereocenters. The Morgan fingerprint density at radius 3 is 2.77 bits per heavy atom. The average Bonchev–Trinajstić information content (AvgIpc) is 3.35. The fourth-order valence-corrected chi connectivity index (χ4v) is 4.84. The van der Waals surface area contributed by atoms with Crippen LogP contribution in [0.2, 0.25) is 0 Å². The molecule has 1 heterocycles. The molecule has 0 spiro atoms. The predicted molar refractivity (Wildman–Crippen MR) is 140 cm³/mol. The number of hydrogen-bond donors (Lipinski definition) is 2. The number of unbranched alkanes of at least 4 members (excludes halogenated alkanes) is 3. The summed E-state index contributed by atoms with van der Waals surface area (Å²) in [6, 6.07) is 7.07. The lowest BCUT2D eigenvalue weighted by atomic mass is 9.92. The zero-order valence-corrected chi connectivity index (χ0v) is 21.1. The van der Waals surface area contributed by atoms with E-state index in [4.69, 9.17) is 11.1 Å². The van der Waals surface area contributed by atoms with Crippen molar-refractivity contribution in [2.45, 2.75) is 58.8 Å². The quantitative estimate of drug-likeness (QED) is 0.213. The zero-order valence-electron chi connectivity index (χ0n) is 21.1. The van der Waals surface area contributed by atoms with Gasteiger partial charge in [-0.2, -0.15) is 5.26 Å². The summed E-state index contributed by atoms with van der Waals surface area (Å²) < 4.78 is 29.7. The molecule has 35 heavy (non-hydrogen) atoms. The minimum Gasteiger partial charge on any atom is -0.371 e. The number of nitrogens with one attached hydrogen (secondary N) is 1. The van der Waals surface area contributed by atoms with Gasteiger partial charge in [-0.25, -0.2) is 14.6 Å². The van der Waals surface area contributed by atoms with Gasteiger partial charge in [0.15, 0.2) is 0 Å². The first-order valence-electron chi connectivity index (χ1n) is 13.0. The van der Waals surface area contributed by atoms with Gasteiger partial charge in [0.1, 0.15) is 17.7 Å². The van der Waals surface area contributed by atoms with E-state index >= 15 is 4.39 Å². The molecule has 0 amide bonds. The molecule has 0 aromatic heterocycles. The van der Waals surface area contributed by atoms with Crippen molar-refractivity contribution < 1.29 is 8.78 Å². The predicted octanol–water partition coefficient (Wildman–Crippen LogP) is 6.12. The molecule has 1 aliphatic heterocycles. The fourth-order valence-electron chi connectivity index (χ4n) is 4.84. The van der Waals surface area contributed by atoms with Gasteiger partial charge in [-0.15, -0.1) is 0 Å². The second-order valence-electron chi connectivity index (χ2n) is 9.43. The van der Waals surface area contributed by atoms with E-state index in [1.165, 1.54) is 11.1 Å². The Hall–Kier alpha value is -2.69. The van der Waals surface area contributed by atoms with Crippen LogP contribution >= 0.6 is 0 Å². The van der Waals surface area contributed by atoms with E-state index in [1.807, 2.05) is 18.2 Å². The lowest BCUT2D eigenvalue weighted by Gasteiger charge is -2.29. The molecule has 1 fully saturated rings. The summed E-state index contributed by atoms with van der Waals surface area (Å²) >= 11 is 0. The number of allylic oxidation sites excluding steroid dienone is 5. The number of benzene rings is 1. The summed E-state index contributed by atoms with van der Waals surface area (Å²) in [6.45, 7) is 8.11. The number of nitrogens with zero attached hydrogens (tertiary/aromatic N) is 3. The third-order valence-electron chi connectivity index (χ3n) is 7.04. The second-order valence-corrected chi connectivity index (χ2v) is 9.43. The van der Waals surface area contributed by atoms with E-state index in [2.05, 4.69) is 24.1 Å². The highest BCUT2D eigenvalue weighted by Gasteiger charge is 2.25. The smallest absolute Gasteiger partial charge is 0.150 e. The van der Waals surface area contributed by atoms with Crippen LogP contribution in [0.4, 0.5) is 20.2 Å². The van der Waals surface area contributed by atoms with Gasteiger partial charge < -0.3 is 10.2 Å². The van der Waals surface area contributed by atoms with Crippen LogP contribution in [0, 0.1) is 29.0 Å². The summed E-state index contributed by atoms with van der Waals surface area (Å²) in [6.07, 6.45) is 11.6. The second kappa shape index (κ2) is 13.4. The molecular weight excluding hydrogens is 444 g/mol. The van der Waals surface area contributed by atoms with Gasteiger partial charge in [-0.1, -0.05) is 38.8 Å². The van der Waals surface area contributed by atoms with Gasteiger partial charge in [0.2, 0.25) is 0 Å². The topological polar surface area (TPSA) is 68.3 Å². The minimum atomic E-state index is -0.552. The summed E-state index contributed by atoms with van der Waals surface area (Å²) in [7, 11) is 0. The van der Waals surface area contributed by atoms with Gasteiger partial charge in [0.25, 0.3) is 0 Å². The lowest BCUT2D eigenvalue weighted by Crippen LogP contribution is -2.34. The summed E-state index contributed by atoms with van der Waals surface area (Å²) in [4.78, 5) is 2.22. The first-order valence-corrected chi connectivity index (χ1v) is 13.0. The van der Waals surface area contributed by atoms with Crippen LogP contribution in [-0.4, -0.2) is 26.2 Å². The van der Waals surface area contributed by atoms with E-state index in [1.54, 1.807) is 18.2 Å². The van der Waals surface area contributed by atoms with E-state index in [0.29, 0.717) is 18.0 Å². The van der Waals surface area contributed by atoms with Gasteiger partial charge in [-0.3, -0.25) is 5.01 Å². The summed E-state index contributed by atoms with van der Waals surface area (Å²) in [5.41, 5.74) is 1.83. The number of rotatable bonds is 12. The van der Waals surface area contributed by atoms with E-state index in [-0.39, 0.29) is 17.2 Å². The Labute approximate surface area is 208 Å². The molecule has 1 aromatic carbocycles. The summed E-state index contributed by atoms with van der Waals surface area (Å²) in [5, 5.41) is 13.8. The molecule has 0 bridgehead atoms. The third-order valence-corrected chi connectivity index (χ3v) is 7.04. The van der Waals surface area contributed by atoms with Crippen molar-refractivity contribution in [3.63, 3.8) is 0 Å². The maximum atomic E-state index is 15.3. The van der Waals surface area contributed by atoms with Crippen molar-refractivity contribution in [1.29, 1.82) is 5.26 Å². The van der Waals surface area contributed by atoms with Crippen molar-refractivity contribution >= 4 is 11.4 Å². The highest BCUT2D eigenvalue weighted by molar-refractivity contribution is 5.60. The van der Waals surface area contributed by atoms with Gasteiger partial charge in [0, 0.05) is 30.4 Å². The van der Waals surface area contributed by atoms with Crippen molar-refractivity contribution in [2.24, 2.45) is 17.7 Å². The van der Waals surface area contributed by atoms with Crippen molar-refractivity contribution in [3.8, 4) is 6.07 Å². The molecule has 1 aromatic rings. The largest absolute Gasteiger partial charge is 0.371 e. The van der Waals surface area contributed by atoms with Crippen LogP contribution in [0.25, 0.3) is 0 Å². The molecule has 3 N–H and O–H groups in total. The molecule has 1 saturated heterocycles. The van der Waals surface area contributed by atoms with Crippen molar-refractivity contribution in [1.82, 2.24) is 5.32 Å². The maximum Gasteiger partial charge on any atom is 0.150 e. The Kier molecular flexibility index (Phi) is 10.3. The highest BCUT2D eigenvalue weighted by Crippen LogP contribution is 2.34. The third kappa shape index (κ3) is 7.16. The maximum absolute atomic E-state index is 15.3. The number of halogens is 2. The standard InChI is InChI=1S/C28H39F2N5/c1-3-21-14-16-34(20-21)24-12-13-28(26(30)18-24)35(32)27(9-7-5-6-8-15-33-4-2)22-10-11-23(19-31)25(29)17-22/h9,11-13,17-18,21-22,33H,3-8,10,14-16,20,32H2,1-2H3/b27-9-. The molecule has 2 unspecified atom stereocenters. The van der Waals surface area contributed by atoms with Crippen LogP contribution in [0.15, 0.2) is 53.5 Å². The first-order chi connectivity index (χ1) is 17.0. The number of hydrazine groups is 1. The lowest BCUT2D eigenvalue weighted by molar-refractivity contribution is 0.568. The Morgan fingerprint density at radius 1 is 1.29 bits per heavy atom. The normalized spacial score (nSPS) is 20.5. The SMILES string of the molecule is CCNCCCCC/C=C(/C1C=C(F)C(C#N)=CC1)N(N)c1ccc(N2CCC(CC)C2)cc1F. The zero-order chi connectivity index (χ0) is 25.2. The van der Waals surface area contributed by atoms with Crippen molar-refractivity contribution in [3.05, 3.63) is 59.3 Å². The van der Waals surface area contributed by atoms with Gasteiger partial charge in [0.05, 0.1) is 11.3 Å². The highest BCUT2D eigenvalue weighted by atomic mass is 19.1. The number of hydrogen-bond acceptors (Lipinski definition) is 5. The Bertz CT molecular complexity index is 978. The molecule has 2 aliphatic rings. The van der Waals surface area contributed by atoms with Gasteiger partial charge >= 0.3 is 0 Å². The molecular formula is C28H39F2N5. The number of nitriles is 1. The van der Waals surface area contributed by atoms with E-state index < -0.39 is 11.6 Å². The summed E-state index contributed by atoms with van der Waals surface area (Å²) in [5.74, 6) is 5.82. The molecule has 190 valence electrons. The number of nitrogens with two attached hydrogens (primary N) is 1. The molecule has 7 heteroatoms. The monoisotopic (exact) mass is 483 g/mol. The Balaban J connectivity index is 1.77. The fraction of sp³-hybridized carbons (Fsp3) is 0.536. The molecule has 0 saturated carbocycles. The van der Waals surface area contributed by atoms with Gasteiger partial charge in [-0.05, 0) is 75.4 Å². The van der Waals surface area contributed by atoms with Crippen LogP contribution in [0.5, 0.6) is 0 Å². The number of anilines is 2. The molecule has 3 rings (SSSR count). The van der Waals surface area contributed by atoms with Crippen LogP contribution in [-0.2, 0) is 0 Å². The molecule has 0 radical (unpaired) electrons. The minimum absolute atomic E-state index is 0.0409. The average molecular weight is 484 g/mol.